The Kier molecular flexibility index (Phi) is 4.98. The first-order chi connectivity index (χ1) is 13.5. The van der Waals surface area contributed by atoms with E-state index in [9.17, 15) is 8.78 Å². The predicted molar refractivity (Wildman–Crippen MR) is 105 cm³/mol. The molecule has 0 spiro atoms. The summed E-state index contributed by atoms with van der Waals surface area (Å²) in [6, 6.07) is 5.55. The van der Waals surface area contributed by atoms with Crippen LogP contribution in [-0.2, 0) is 5.75 Å². The van der Waals surface area contributed by atoms with Crippen LogP contribution < -0.4 is 5.49 Å². The van der Waals surface area contributed by atoms with Crippen molar-refractivity contribution in [1.29, 1.82) is 5.41 Å². The molecule has 1 aromatic carbocycles. The molecule has 3 heterocycles. The summed E-state index contributed by atoms with van der Waals surface area (Å²) in [6.07, 6.45) is 3.47. The van der Waals surface area contributed by atoms with Crippen molar-refractivity contribution in [3.05, 3.63) is 69.5 Å². The number of thioether (sulfide) groups is 1. The highest BCUT2D eigenvalue weighted by atomic mass is 79.9. The molecular weight excluding hydrogens is 450 g/mol. The van der Waals surface area contributed by atoms with E-state index in [1.165, 1.54) is 22.4 Å². The third-order valence-electron chi connectivity index (χ3n) is 4.02. The summed E-state index contributed by atoms with van der Waals surface area (Å²) in [7, 11) is 0. The third kappa shape index (κ3) is 3.33. The van der Waals surface area contributed by atoms with Gasteiger partial charge in [-0.25, -0.2) is 13.8 Å². The molecule has 0 aliphatic rings. The van der Waals surface area contributed by atoms with E-state index in [4.69, 9.17) is 5.41 Å². The average molecular weight is 463 g/mol. The topological polar surface area (TPSA) is 83.2 Å². The van der Waals surface area contributed by atoms with Crippen molar-refractivity contribution in [3.63, 3.8) is 0 Å². The van der Waals surface area contributed by atoms with E-state index in [-0.39, 0.29) is 22.0 Å². The molecule has 0 radical (unpaired) electrons. The fraction of sp³-hybridized carbons (Fsp3) is 0.111. The van der Waals surface area contributed by atoms with Crippen LogP contribution in [-0.4, -0.2) is 24.7 Å². The first-order valence-corrected chi connectivity index (χ1v) is 9.92. The highest BCUT2D eigenvalue weighted by Gasteiger charge is 2.20. The molecule has 0 bridgehead atoms. The van der Waals surface area contributed by atoms with Gasteiger partial charge in [0.2, 0.25) is 0 Å². The van der Waals surface area contributed by atoms with Crippen LogP contribution in [0.3, 0.4) is 0 Å². The van der Waals surface area contributed by atoms with Gasteiger partial charge in [0, 0.05) is 18.1 Å². The zero-order valence-electron chi connectivity index (χ0n) is 14.5. The molecule has 0 saturated heterocycles. The maximum Gasteiger partial charge on any atom is 0.188 e. The number of fused-ring (bicyclic) bond motifs is 1. The number of hydrogen-bond donors (Lipinski definition) is 2. The van der Waals surface area contributed by atoms with Gasteiger partial charge in [0.1, 0.15) is 27.4 Å². The number of pyridine rings is 1. The predicted octanol–water partition coefficient (Wildman–Crippen LogP) is 4.26. The van der Waals surface area contributed by atoms with Crippen molar-refractivity contribution in [3.8, 4) is 5.69 Å². The number of aromatic amines is 1. The van der Waals surface area contributed by atoms with Gasteiger partial charge < -0.3 is 0 Å². The SMILES string of the molecule is Cc1cncc(CSc2nc3n[nH]c(Br)c3c(=N)n2-c2c(F)cccc2F)c1. The number of aromatic nitrogens is 5. The lowest BCUT2D eigenvalue weighted by molar-refractivity contribution is 0.554. The third-order valence-corrected chi connectivity index (χ3v) is 5.60. The number of nitrogens with one attached hydrogen (secondary N) is 2. The molecule has 0 unspecified atom stereocenters. The highest BCUT2D eigenvalue weighted by molar-refractivity contribution is 9.10. The molecular formula is C18H13BrF2N6S. The quantitative estimate of drug-likeness (QED) is 0.350. The number of rotatable bonds is 4. The van der Waals surface area contributed by atoms with Gasteiger partial charge >= 0.3 is 0 Å². The zero-order valence-corrected chi connectivity index (χ0v) is 16.9. The van der Waals surface area contributed by atoms with Gasteiger partial charge in [-0.3, -0.25) is 20.1 Å². The average Bonchev–Trinajstić information content (AvgIpc) is 3.03. The Balaban J connectivity index is 1.91. The van der Waals surface area contributed by atoms with Gasteiger partial charge in [0.15, 0.2) is 10.8 Å². The minimum absolute atomic E-state index is 0.125. The Morgan fingerprint density at radius 2 is 2.00 bits per heavy atom. The number of H-pyrrole nitrogens is 1. The molecule has 6 nitrogen and oxygen atoms in total. The lowest BCUT2D eigenvalue weighted by Gasteiger charge is -2.14. The molecule has 0 saturated carbocycles. The van der Waals surface area contributed by atoms with E-state index in [1.54, 1.807) is 12.4 Å². The fourth-order valence-corrected chi connectivity index (χ4v) is 4.17. The van der Waals surface area contributed by atoms with Crippen LogP contribution in [0.4, 0.5) is 8.78 Å². The summed E-state index contributed by atoms with van der Waals surface area (Å²) in [5.41, 5.74) is 1.75. The fourth-order valence-electron chi connectivity index (χ4n) is 2.80. The lowest BCUT2D eigenvalue weighted by atomic mass is 10.2. The Bertz CT molecular complexity index is 1230. The summed E-state index contributed by atoms with van der Waals surface area (Å²) in [5.74, 6) is -1.09. The highest BCUT2D eigenvalue weighted by Crippen LogP contribution is 2.28. The number of aryl methyl sites for hydroxylation is 1. The summed E-state index contributed by atoms with van der Waals surface area (Å²) < 4.78 is 30.6. The van der Waals surface area contributed by atoms with Crippen molar-refractivity contribution in [2.75, 3.05) is 0 Å². The minimum atomic E-state index is -0.779. The van der Waals surface area contributed by atoms with Gasteiger partial charge in [-0.2, -0.15) is 5.10 Å². The molecule has 4 rings (SSSR count). The van der Waals surface area contributed by atoms with Crippen LogP contribution in [0.25, 0.3) is 16.7 Å². The van der Waals surface area contributed by atoms with Gasteiger partial charge in [-0.15, -0.1) is 0 Å². The van der Waals surface area contributed by atoms with E-state index in [0.29, 0.717) is 15.7 Å². The molecule has 0 amide bonds. The standard InChI is InChI=1S/C18H13BrF2N6S/c1-9-5-10(7-23-6-9)8-28-18-24-17-13(15(19)25-26-17)16(22)27(18)14-11(20)3-2-4-12(14)21/h2-7,22H,8H2,1H3,(H,25,26). The molecule has 4 aromatic rings. The van der Waals surface area contributed by atoms with Crippen LogP contribution in [0.2, 0.25) is 0 Å². The lowest BCUT2D eigenvalue weighted by Crippen LogP contribution is -2.24. The summed E-state index contributed by atoms with van der Waals surface area (Å²) >= 11 is 4.52. The minimum Gasteiger partial charge on any atom is -0.283 e. The van der Waals surface area contributed by atoms with Crippen LogP contribution in [0.15, 0.2) is 46.4 Å². The summed E-state index contributed by atoms with van der Waals surface area (Å²) in [5, 5.41) is 15.9. The second-order valence-electron chi connectivity index (χ2n) is 6.04. The maximum atomic E-state index is 14.5. The van der Waals surface area contributed by atoms with Crippen molar-refractivity contribution < 1.29 is 8.78 Å². The molecule has 0 aliphatic heterocycles. The monoisotopic (exact) mass is 462 g/mol. The number of halogens is 3. The van der Waals surface area contributed by atoms with E-state index >= 15 is 0 Å². The molecule has 0 aliphatic carbocycles. The van der Waals surface area contributed by atoms with E-state index < -0.39 is 11.6 Å². The Morgan fingerprint density at radius 1 is 1.25 bits per heavy atom. The van der Waals surface area contributed by atoms with Gasteiger partial charge in [0.25, 0.3) is 0 Å². The smallest absolute Gasteiger partial charge is 0.188 e. The molecule has 10 heteroatoms. The first kappa shape index (κ1) is 18.8. The van der Waals surface area contributed by atoms with E-state index in [2.05, 4.69) is 36.1 Å². The molecule has 142 valence electrons. The van der Waals surface area contributed by atoms with Crippen molar-refractivity contribution in [1.82, 2.24) is 24.7 Å². The first-order valence-electron chi connectivity index (χ1n) is 8.14. The second-order valence-corrected chi connectivity index (χ2v) is 7.78. The van der Waals surface area contributed by atoms with Crippen LogP contribution in [0.1, 0.15) is 11.1 Å². The van der Waals surface area contributed by atoms with Gasteiger partial charge in [0.05, 0.1) is 5.39 Å². The molecule has 0 fully saturated rings. The molecule has 2 N–H and O–H groups in total. The Labute approximate surface area is 170 Å². The van der Waals surface area contributed by atoms with Gasteiger partial charge in [-0.1, -0.05) is 23.9 Å². The summed E-state index contributed by atoms with van der Waals surface area (Å²) in [6.45, 7) is 1.93. The van der Waals surface area contributed by atoms with Crippen molar-refractivity contribution in [2.45, 2.75) is 17.8 Å². The summed E-state index contributed by atoms with van der Waals surface area (Å²) in [4.78, 5) is 8.59. The number of benzene rings is 1. The molecule has 3 aromatic heterocycles. The van der Waals surface area contributed by atoms with Crippen LogP contribution in [0.5, 0.6) is 0 Å². The van der Waals surface area contributed by atoms with Crippen molar-refractivity contribution in [2.24, 2.45) is 0 Å². The maximum absolute atomic E-state index is 14.5. The Morgan fingerprint density at radius 3 is 2.71 bits per heavy atom. The van der Waals surface area contributed by atoms with Gasteiger partial charge in [-0.05, 0) is 46.1 Å². The number of nitrogens with zero attached hydrogens (tertiary/aromatic N) is 4. The second kappa shape index (κ2) is 7.44. The normalized spacial score (nSPS) is 11.3. The van der Waals surface area contributed by atoms with E-state index in [1.807, 2.05) is 13.0 Å². The number of para-hydroxylation sites is 1. The zero-order chi connectivity index (χ0) is 19.8. The van der Waals surface area contributed by atoms with Crippen LogP contribution >= 0.6 is 27.7 Å². The molecule has 28 heavy (non-hydrogen) atoms. The largest absolute Gasteiger partial charge is 0.283 e. The molecule has 0 atom stereocenters. The van der Waals surface area contributed by atoms with Crippen molar-refractivity contribution >= 4 is 38.7 Å². The Hall–Kier alpha value is -2.59. The van der Waals surface area contributed by atoms with Crippen LogP contribution in [0, 0.1) is 24.0 Å². The number of hydrogen-bond acceptors (Lipinski definition) is 5. The van der Waals surface area contributed by atoms with E-state index in [0.717, 1.165) is 23.3 Å².